The van der Waals surface area contributed by atoms with E-state index < -0.39 is 0 Å². The molecule has 0 unspecified atom stereocenters. The number of rotatable bonds is 4. The van der Waals surface area contributed by atoms with Gasteiger partial charge in [0.1, 0.15) is 0 Å². The molecule has 18 heavy (non-hydrogen) atoms. The van der Waals surface area contributed by atoms with E-state index >= 15 is 0 Å². The summed E-state index contributed by atoms with van der Waals surface area (Å²) in [6.45, 7) is 0. The van der Waals surface area contributed by atoms with E-state index in [1.807, 2.05) is 10.9 Å². The van der Waals surface area contributed by atoms with Crippen molar-refractivity contribution in [1.82, 2.24) is 14.8 Å². The second-order valence-corrected chi connectivity index (χ2v) is 4.34. The number of pyridine rings is 1. The maximum Gasteiger partial charge on any atom is 0.224 e. The number of carbonyl (C=O) groups excluding carboxylic acids is 1. The Labute approximate surface area is 104 Å². The third-order valence-electron chi connectivity index (χ3n) is 3.10. The maximum absolute atomic E-state index is 11.2. The van der Waals surface area contributed by atoms with E-state index in [-0.39, 0.29) is 0 Å². The van der Waals surface area contributed by atoms with Gasteiger partial charge in [-0.1, -0.05) is 0 Å². The summed E-state index contributed by atoms with van der Waals surface area (Å²) in [6.07, 6.45) is 8.52. The highest BCUT2D eigenvalue weighted by atomic mass is 16.5. The molecule has 1 aliphatic carbocycles. The predicted molar refractivity (Wildman–Crippen MR) is 65.7 cm³/mol. The first-order chi connectivity index (χ1) is 8.83. The van der Waals surface area contributed by atoms with Crippen LogP contribution < -0.4 is 4.74 Å². The molecule has 1 fully saturated rings. The van der Waals surface area contributed by atoms with Crippen molar-refractivity contribution in [3.05, 3.63) is 30.2 Å². The average molecular weight is 243 g/mol. The number of hydrogen-bond acceptors (Lipinski definition) is 4. The molecule has 5 heteroatoms. The Hall–Kier alpha value is -2.17. The molecule has 2 heterocycles. The van der Waals surface area contributed by atoms with Gasteiger partial charge in [-0.05, 0) is 18.9 Å². The van der Waals surface area contributed by atoms with Crippen LogP contribution in [0.4, 0.5) is 0 Å². The Morgan fingerprint density at radius 2 is 2.33 bits per heavy atom. The fourth-order valence-electron chi connectivity index (χ4n) is 2.00. The van der Waals surface area contributed by atoms with Crippen molar-refractivity contribution in [2.75, 3.05) is 7.11 Å². The van der Waals surface area contributed by atoms with Crippen LogP contribution in [0.3, 0.4) is 0 Å². The molecule has 0 aromatic carbocycles. The Kier molecular flexibility index (Phi) is 2.59. The molecule has 3 rings (SSSR count). The quantitative estimate of drug-likeness (QED) is 0.772. The molecule has 2 aromatic rings. The van der Waals surface area contributed by atoms with Gasteiger partial charge in [-0.2, -0.15) is 5.10 Å². The Morgan fingerprint density at radius 3 is 3.00 bits per heavy atom. The molecule has 1 saturated carbocycles. The summed E-state index contributed by atoms with van der Waals surface area (Å²) in [5.74, 6) is 0.349. The van der Waals surface area contributed by atoms with E-state index in [1.54, 1.807) is 18.5 Å². The molecule has 0 saturated heterocycles. The lowest BCUT2D eigenvalue weighted by Crippen LogP contribution is -1.96. The molecule has 92 valence electrons. The zero-order chi connectivity index (χ0) is 12.5. The number of carbonyl (C=O) groups is 1. The molecule has 2 aromatic heterocycles. The van der Waals surface area contributed by atoms with E-state index in [2.05, 4.69) is 10.1 Å². The van der Waals surface area contributed by atoms with Gasteiger partial charge < -0.3 is 4.74 Å². The number of hydrogen-bond donors (Lipinski definition) is 0. The van der Waals surface area contributed by atoms with Crippen LogP contribution in [0.15, 0.2) is 24.7 Å². The summed E-state index contributed by atoms with van der Waals surface area (Å²) in [5, 5.41) is 4.32. The highest BCUT2D eigenvalue weighted by molar-refractivity contribution is 5.89. The van der Waals surface area contributed by atoms with E-state index in [4.69, 9.17) is 4.74 Å². The van der Waals surface area contributed by atoms with Gasteiger partial charge in [-0.25, -0.2) is 4.98 Å². The summed E-state index contributed by atoms with van der Waals surface area (Å²) in [7, 11) is 1.51. The van der Waals surface area contributed by atoms with E-state index in [0.29, 0.717) is 17.5 Å². The van der Waals surface area contributed by atoms with E-state index in [0.717, 1.165) is 17.4 Å². The highest BCUT2D eigenvalue weighted by Crippen LogP contribution is 2.36. The number of ether oxygens (including phenoxy) is 1. The lowest BCUT2D eigenvalue weighted by Gasteiger charge is -2.06. The molecule has 0 amide bonds. The lowest BCUT2D eigenvalue weighted by molar-refractivity contribution is 0.112. The number of nitrogens with zero attached hydrogens (tertiary/aromatic N) is 3. The van der Waals surface area contributed by atoms with Gasteiger partial charge in [0.2, 0.25) is 5.88 Å². The van der Waals surface area contributed by atoms with Crippen LogP contribution in [0.2, 0.25) is 0 Å². The molecule has 5 nitrogen and oxygen atoms in total. The number of aldehydes is 1. The van der Waals surface area contributed by atoms with Crippen LogP contribution >= 0.6 is 0 Å². The third-order valence-corrected chi connectivity index (χ3v) is 3.10. The minimum Gasteiger partial charge on any atom is -0.480 e. The SMILES string of the molecule is COc1nccc(-c2cnn(C3CC3)c2)c1C=O. The normalized spacial score (nSPS) is 14.5. The van der Waals surface area contributed by atoms with Gasteiger partial charge in [0, 0.05) is 23.5 Å². The summed E-state index contributed by atoms with van der Waals surface area (Å²) in [4.78, 5) is 15.2. The second kappa shape index (κ2) is 4.25. The van der Waals surface area contributed by atoms with Crippen molar-refractivity contribution in [3.8, 4) is 17.0 Å². The van der Waals surface area contributed by atoms with Crippen LogP contribution in [0, 0.1) is 0 Å². The van der Waals surface area contributed by atoms with Crippen LogP contribution in [0.1, 0.15) is 29.2 Å². The summed E-state index contributed by atoms with van der Waals surface area (Å²) in [5.41, 5.74) is 2.20. The van der Waals surface area contributed by atoms with Gasteiger partial charge in [-0.3, -0.25) is 9.48 Å². The van der Waals surface area contributed by atoms with E-state index in [1.165, 1.54) is 20.0 Å². The van der Waals surface area contributed by atoms with Gasteiger partial charge in [0.05, 0.1) is 24.9 Å². The zero-order valence-corrected chi connectivity index (χ0v) is 10.0. The fourth-order valence-corrected chi connectivity index (χ4v) is 2.00. The first-order valence-corrected chi connectivity index (χ1v) is 5.86. The minimum atomic E-state index is 0.349. The summed E-state index contributed by atoms with van der Waals surface area (Å²) < 4.78 is 7.05. The Balaban J connectivity index is 2.06. The molecule has 0 radical (unpaired) electrons. The standard InChI is InChI=1S/C13H13N3O2/c1-18-13-12(8-17)11(4-5-14-13)9-6-15-16(7-9)10-2-3-10/h4-8,10H,2-3H2,1H3. The highest BCUT2D eigenvalue weighted by Gasteiger charge is 2.24. The number of aromatic nitrogens is 3. The first-order valence-electron chi connectivity index (χ1n) is 5.86. The molecule has 0 atom stereocenters. The number of methoxy groups -OCH3 is 1. The molecule has 0 spiro atoms. The summed E-state index contributed by atoms with van der Waals surface area (Å²) in [6, 6.07) is 2.34. The Morgan fingerprint density at radius 1 is 1.50 bits per heavy atom. The second-order valence-electron chi connectivity index (χ2n) is 4.34. The smallest absolute Gasteiger partial charge is 0.224 e. The average Bonchev–Trinajstić information content (AvgIpc) is 3.15. The van der Waals surface area contributed by atoms with Crippen LogP contribution in [-0.2, 0) is 0 Å². The van der Waals surface area contributed by atoms with Crippen molar-refractivity contribution in [1.29, 1.82) is 0 Å². The first kappa shape index (κ1) is 11.0. The molecular weight excluding hydrogens is 230 g/mol. The van der Waals surface area contributed by atoms with Crippen molar-refractivity contribution in [2.24, 2.45) is 0 Å². The molecule has 0 bridgehead atoms. The van der Waals surface area contributed by atoms with Crippen molar-refractivity contribution in [2.45, 2.75) is 18.9 Å². The topological polar surface area (TPSA) is 57.0 Å². The van der Waals surface area contributed by atoms with Gasteiger partial charge in [0.15, 0.2) is 6.29 Å². The zero-order valence-electron chi connectivity index (χ0n) is 10.0. The minimum absolute atomic E-state index is 0.349. The van der Waals surface area contributed by atoms with Crippen LogP contribution in [-0.4, -0.2) is 28.2 Å². The molecule has 0 N–H and O–H groups in total. The van der Waals surface area contributed by atoms with Gasteiger partial charge in [0.25, 0.3) is 0 Å². The van der Waals surface area contributed by atoms with Crippen LogP contribution in [0.5, 0.6) is 5.88 Å². The maximum atomic E-state index is 11.2. The van der Waals surface area contributed by atoms with Gasteiger partial charge in [-0.15, -0.1) is 0 Å². The van der Waals surface area contributed by atoms with Crippen molar-refractivity contribution >= 4 is 6.29 Å². The Bertz CT molecular complexity index is 588. The van der Waals surface area contributed by atoms with Crippen molar-refractivity contribution < 1.29 is 9.53 Å². The van der Waals surface area contributed by atoms with Crippen molar-refractivity contribution in [3.63, 3.8) is 0 Å². The summed E-state index contributed by atoms with van der Waals surface area (Å²) >= 11 is 0. The predicted octanol–water partition coefficient (Wildman–Crippen LogP) is 2.10. The lowest BCUT2D eigenvalue weighted by atomic mass is 10.1. The molecular formula is C13H13N3O2. The third kappa shape index (κ3) is 1.77. The van der Waals surface area contributed by atoms with E-state index in [9.17, 15) is 4.79 Å². The van der Waals surface area contributed by atoms with Gasteiger partial charge >= 0.3 is 0 Å². The fraction of sp³-hybridized carbons (Fsp3) is 0.308. The molecule has 1 aliphatic rings. The monoisotopic (exact) mass is 243 g/mol. The largest absolute Gasteiger partial charge is 0.480 e. The molecule has 0 aliphatic heterocycles. The van der Waals surface area contributed by atoms with Crippen LogP contribution in [0.25, 0.3) is 11.1 Å².